The fourth-order valence-corrected chi connectivity index (χ4v) is 1.18. The van der Waals surface area contributed by atoms with Crippen molar-refractivity contribution in [2.75, 3.05) is 5.32 Å². The molecule has 0 fully saturated rings. The van der Waals surface area contributed by atoms with E-state index in [1.165, 1.54) is 6.92 Å². The Hall–Kier alpha value is -2.10. The van der Waals surface area contributed by atoms with Crippen molar-refractivity contribution in [2.45, 2.75) is 20.8 Å². The number of carbonyl (C=O) groups excluding carboxylic acids is 2. The highest BCUT2D eigenvalue weighted by Gasteiger charge is 2.01. The van der Waals surface area contributed by atoms with Crippen LogP contribution in [0, 0.1) is 0 Å². The molecule has 90 valence electrons. The van der Waals surface area contributed by atoms with Gasteiger partial charge in [-0.2, -0.15) is 0 Å². The number of hydrogen-bond acceptors (Lipinski definition) is 3. The average molecular weight is 233 g/mol. The van der Waals surface area contributed by atoms with Crippen LogP contribution < -0.4 is 10.1 Å². The summed E-state index contributed by atoms with van der Waals surface area (Å²) in [5.74, 6) is 0.980. The number of rotatable bonds is 4. The van der Waals surface area contributed by atoms with Crippen LogP contribution in [-0.4, -0.2) is 12.2 Å². The van der Waals surface area contributed by atoms with Gasteiger partial charge in [-0.3, -0.25) is 9.59 Å². The van der Waals surface area contributed by atoms with Gasteiger partial charge >= 0.3 is 0 Å². The van der Waals surface area contributed by atoms with Gasteiger partial charge in [0.2, 0.25) is 5.91 Å². The van der Waals surface area contributed by atoms with Crippen LogP contribution in [0.1, 0.15) is 20.8 Å². The maximum Gasteiger partial charge on any atom is 0.221 e. The van der Waals surface area contributed by atoms with Crippen LogP contribution in [0.25, 0.3) is 0 Å². The highest BCUT2D eigenvalue weighted by molar-refractivity contribution is 5.88. The maximum absolute atomic E-state index is 10.9. The molecule has 4 heteroatoms. The predicted octanol–water partition coefficient (Wildman–Crippen LogP) is 2.52. The summed E-state index contributed by atoms with van der Waals surface area (Å²) in [5.41, 5.74) is 1.20. The molecule has 1 aromatic rings. The molecule has 0 aliphatic heterocycles. The van der Waals surface area contributed by atoms with Crippen molar-refractivity contribution in [3.05, 3.63) is 35.6 Å². The highest BCUT2D eigenvalue weighted by Crippen LogP contribution is 2.20. The number of amides is 1. The molecule has 0 aromatic heterocycles. The largest absolute Gasteiger partial charge is 0.462 e. The number of allylic oxidation sites excluding steroid dienone is 2. The first-order chi connectivity index (χ1) is 8.02. The highest BCUT2D eigenvalue weighted by atomic mass is 16.5. The first kappa shape index (κ1) is 13.0. The molecule has 0 radical (unpaired) electrons. The molecule has 0 saturated heterocycles. The topological polar surface area (TPSA) is 55.4 Å². The number of carbonyl (C=O) groups is 2. The lowest BCUT2D eigenvalue weighted by Gasteiger charge is -2.09. The first-order valence-electron chi connectivity index (χ1n) is 5.21. The lowest BCUT2D eigenvalue weighted by atomic mass is 10.2. The van der Waals surface area contributed by atoms with Gasteiger partial charge < -0.3 is 10.1 Å². The second-order valence-corrected chi connectivity index (χ2v) is 3.67. The minimum absolute atomic E-state index is 0.140. The smallest absolute Gasteiger partial charge is 0.221 e. The van der Waals surface area contributed by atoms with Crippen molar-refractivity contribution < 1.29 is 14.3 Å². The molecule has 1 amide bonds. The van der Waals surface area contributed by atoms with Gasteiger partial charge in [0.05, 0.1) is 0 Å². The predicted molar refractivity (Wildman–Crippen MR) is 65.8 cm³/mol. The fraction of sp³-hybridized carbons (Fsp3) is 0.231. The Balaban J connectivity index is 2.86. The summed E-state index contributed by atoms with van der Waals surface area (Å²) in [6.07, 6.45) is 0.743. The summed E-state index contributed by atoms with van der Waals surface area (Å²) in [4.78, 5) is 21.4. The zero-order valence-corrected chi connectivity index (χ0v) is 10.1. The van der Waals surface area contributed by atoms with Crippen molar-refractivity contribution in [3.8, 4) is 5.75 Å². The number of nitrogens with one attached hydrogen (secondary N) is 1. The molecule has 0 unspecified atom stereocenters. The Morgan fingerprint density at radius 1 is 1.29 bits per heavy atom. The third-order valence-electron chi connectivity index (χ3n) is 2.16. The molecule has 17 heavy (non-hydrogen) atoms. The zero-order valence-electron chi connectivity index (χ0n) is 10.1. The summed E-state index contributed by atoms with van der Waals surface area (Å²) in [5, 5.41) is 2.66. The van der Waals surface area contributed by atoms with E-state index in [4.69, 9.17) is 4.74 Å². The van der Waals surface area contributed by atoms with Gasteiger partial charge in [0.15, 0.2) is 0 Å². The monoisotopic (exact) mass is 233 g/mol. The molecule has 1 aromatic carbocycles. The van der Waals surface area contributed by atoms with E-state index in [2.05, 4.69) is 5.32 Å². The summed E-state index contributed by atoms with van der Waals surface area (Å²) in [7, 11) is 0. The van der Waals surface area contributed by atoms with Crippen LogP contribution >= 0.6 is 0 Å². The number of anilines is 1. The molecular formula is C13H15NO3. The van der Waals surface area contributed by atoms with Gasteiger partial charge in [-0.05, 0) is 26.0 Å². The van der Waals surface area contributed by atoms with Crippen molar-refractivity contribution in [2.24, 2.45) is 0 Å². The van der Waals surface area contributed by atoms with Gasteiger partial charge in [-0.1, -0.05) is 6.07 Å². The molecule has 1 rings (SSSR count). The first-order valence-corrected chi connectivity index (χ1v) is 5.21. The fourth-order valence-electron chi connectivity index (χ4n) is 1.18. The lowest BCUT2D eigenvalue weighted by molar-refractivity contribution is -0.114. The van der Waals surface area contributed by atoms with E-state index in [0.717, 1.165) is 6.29 Å². The number of hydrogen-bond donors (Lipinski definition) is 1. The molecule has 4 nitrogen and oxygen atoms in total. The second-order valence-electron chi connectivity index (χ2n) is 3.67. The molecule has 0 bridgehead atoms. The summed E-state index contributed by atoms with van der Waals surface area (Å²) in [6, 6.07) is 6.99. The third kappa shape index (κ3) is 4.10. The third-order valence-corrected chi connectivity index (χ3v) is 2.16. The normalized spacial score (nSPS) is 11.5. The molecule has 0 atom stereocenters. The van der Waals surface area contributed by atoms with E-state index >= 15 is 0 Å². The van der Waals surface area contributed by atoms with E-state index in [1.807, 2.05) is 0 Å². The Morgan fingerprint density at radius 3 is 2.59 bits per heavy atom. The molecule has 0 saturated carbocycles. The SMILES string of the molecule is CC(=O)Nc1cccc(OC(C)=C(C)C=O)c1. The van der Waals surface area contributed by atoms with Crippen molar-refractivity contribution >= 4 is 17.9 Å². The Labute approximate surface area is 100 Å². The number of ether oxygens (including phenoxy) is 1. The summed E-state index contributed by atoms with van der Waals surface area (Å²) >= 11 is 0. The van der Waals surface area contributed by atoms with Gasteiger partial charge in [0.25, 0.3) is 0 Å². The van der Waals surface area contributed by atoms with E-state index in [9.17, 15) is 9.59 Å². The standard InChI is InChI=1S/C13H15NO3/c1-9(8-15)10(2)17-13-6-4-5-12(7-13)14-11(3)16/h4-8H,1-3H3,(H,14,16). The lowest BCUT2D eigenvalue weighted by Crippen LogP contribution is -2.05. The molecule has 0 aliphatic rings. The second kappa shape index (κ2) is 5.84. The Kier molecular flexibility index (Phi) is 4.46. The van der Waals surface area contributed by atoms with Crippen molar-refractivity contribution in [3.63, 3.8) is 0 Å². The average Bonchev–Trinajstić information content (AvgIpc) is 2.27. The Morgan fingerprint density at radius 2 is 2.00 bits per heavy atom. The summed E-state index contributed by atoms with van der Waals surface area (Å²) < 4.78 is 5.49. The van der Waals surface area contributed by atoms with Crippen LogP contribution in [0.4, 0.5) is 5.69 Å². The molecular weight excluding hydrogens is 218 g/mol. The minimum atomic E-state index is -0.140. The van der Waals surface area contributed by atoms with Crippen LogP contribution in [0.3, 0.4) is 0 Å². The number of aldehydes is 1. The number of benzene rings is 1. The van der Waals surface area contributed by atoms with E-state index in [1.54, 1.807) is 38.1 Å². The summed E-state index contributed by atoms with van der Waals surface area (Å²) in [6.45, 7) is 4.84. The van der Waals surface area contributed by atoms with E-state index in [-0.39, 0.29) is 5.91 Å². The molecule has 0 heterocycles. The minimum Gasteiger partial charge on any atom is -0.462 e. The van der Waals surface area contributed by atoms with Crippen LogP contribution in [0.2, 0.25) is 0 Å². The maximum atomic E-state index is 10.9. The molecule has 0 spiro atoms. The van der Waals surface area contributed by atoms with Gasteiger partial charge in [-0.15, -0.1) is 0 Å². The van der Waals surface area contributed by atoms with Crippen LogP contribution in [0.15, 0.2) is 35.6 Å². The zero-order chi connectivity index (χ0) is 12.8. The van der Waals surface area contributed by atoms with Crippen molar-refractivity contribution in [1.82, 2.24) is 0 Å². The Bertz CT molecular complexity index is 463. The van der Waals surface area contributed by atoms with Crippen molar-refractivity contribution in [1.29, 1.82) is 0 Å². The van der Waals surface area contributed by atoms with E-state index < -0.39 is 0 Å². The van der Waals surface area contributed by atoms with Crippen LogP contribution in [0.5, 0.6) is 5.75 Å². The van der Waals surface area contributed by atoms with Gasteiger partial charge in [0, 0.05) is 24.3 Å². The van der Waals surface area contributed by atoms with Gasteiger partial charge in [0.1, 0.15) is 17.8 Å². The van der Waals surface area contributed by atoms with E-state index in [0.29, 0.717) is 22.8 Å². The quantitative estimate of drug-likeness (QED) is 0.494. The molecule has 0 aliphatic carbocycles. The molecule has 1 N–H and O–H groups in total. The van der Waals surface area contributed by atoms with Crippen LogP contribution in [-0.2, 0) is 9.59 Å². The van der Waals surface area contributed by atoms with Gasteiger partial charge in [-0.25, -0.2) is 0 Å².